The van der Waals surface area contributed by atoms with Gasteiger partial charge in [0.1, 0.15) is 0 Å². The number of rotatable bonds is 4. The van der Waals surface area contributed by atoms with E-state index in [0.717, 1.165) is 16.8 Å². The van der Waals surface area contributed by atoms with Crippen molar-refractivity contribution in [2.24, 2.45) is 0 Å². The summed E-state index contributed by atoms with van der Waals surface area (Å²) in [5, 5.41) is 3.04. The first-order chi connectivity index (χ1) is 6.79. The summed E-state index contributed by atoms with van der Waals surface area (Å²) in [6, 6.07) is 10.1. The van der Waals surface area contributed by atoms with Gasteiger partial charge in [-0.15, -0.1) is 0 Å². The highest BCUT2D eigenvalue weighted by atomic mass is 14.8. The molecule has 0 heterocycles. The summed E-state index contributed by atoms with van der Waals surface area (Å²) in [5.41, 5.74) is 3.12. The molecular weight excluding hydrogens is 170 g/mol. The Hall–Kier alpha value is -1.76. The molecule has 1 N–H and O–H groups in total. The molecule has 14 heavy (non-hydrogen) atoms. The highest BCUT2D eigenvalue weighted by molar-refractivity contribution is 5.78. The molecule has 0 bridgehead atoms. The molecule has 1 aromatic carbocycles. The Morgan fingerprint density at radius 3 is 2.43 bits per heavy atom. The zero-order valence-electron chi connectivity index (χ0n) is 8.46. The van der Waals surface area contributed by atoms with Crippen LogP contribution in [-0.2, 0) is 0 Å². The maximum absolute atomic E-state index is 3.94. The van der Waals surface area contributed by atoms with Gasteiger partial charge in [-0.05, 0) is 5.56 Å². The lowest BCUT2D eigenvalue weighted by Crippen LogP contribution is -2.06. The van der Waals surface area contributed by atoms with Gasteiger partial charge in [-0.2, -0.15) is 0 Å². The topological polar surface area (TPSA) is 12.0 Å². The van der Waals surface area contributed by atoms with Gasteiger partial charge < -0.3 is 5.32 Å². The lowest BCUT2D eigenvalue weighted by atomic mass is 10.0. The predicted octanol–water partition coefficient (Wildman–Crippen LogP) is 2.99. The molecule has 72 valence electrons. The van der Waals surface area contributed by atoms with E-state index in [9.17, 15) is 0 Å². The van der Waals surface area contributed by atoms with Gasteiger partial charge in [-0.3, -0.25) is 0 Å². The second-order valence-electron chi connectivity index (χ2n) is 2.91. The molecule has 0 aliphatic rings. The fourth-order valence-electron chi connectivity index (χ4n) is 1.24. The van der Waals surface area contributed by atoms with E-state index in [0.29, 0.717) is 0 Å². The van der Waals surface area contributed by atoms with E-state index >= 15 is 0 Å². The molecule has 0 saturated heterocycles. The van der Waals surface area contributed by atoms with Crippen molar-refractivity contribution in [1.82, 2.24) is 5.32 Å². The second kappa shape index (κ2) is 5.07. The Morgan fingerprint density at radius 2 is 1.93 bits per heavy atom. The molecule has 1 nitrogen and oxygen atoms in total. The van der Waals surface area contributed by atoms with E-state index in [-0.39, 0.29) is 0 Å². The smallest absolute Gasteiger partial charge is 0.0344 e. The van der Waals surface area contributed by atoms with Crippen LogP contribution < -0.4 is 5.32 Å². The molecule has 0 amide bonds. The van der Waals surface area contributed by atoms with Gasteiger partial charge >= 0.3 is 0 Å². The Kier molecular flexibility index (Phi) is 3.74. The zero-order chi connectivity index (χ0) is 10.4. The Balaban J connectivity index is 3.07. The number of allylic oxidation sites excluding steroid dienone is 3. The minimum absolute atomic E-state index is 0.899. The first kappa shape index (κ1) is 10.3. The molecule has 0 aromatic heterocycles. The van der Waals surface area contributed by atoms with E-state index in [1.807, 2.05) is 31.3 Å². The van der Waals surface area contributed by atoms with Crippen LogP contribution in [0.15, 0.2) is 61.3 Å². The van der Waals surface area contributed by atoms with Crippen molar-refractivity contribution >= 4 is 5.57 Å². The normalized spacial score (nSPS) is 10.8. The molecule has 0 radical (unpaired) electrons. The molecule has 0 aliphatic heterocycles. The average molecular weight is 185 g/mol. The minimum atomic E-state index is 0.899. The molecule has 0 aliphatic carbocycles. The van der Waals surface area contributed by atoms with E-state index in [4.69, 9.17) is 0 Å². The second-order valence-corrected chi connectivity index (χ2v) is 2.91. The van der Waals surface area contributed by atoms with Crippen molar-refractivity contribution in [2.45, 2.75) is 0 Å². The summed E-state index contributed by atoms with van der Waals surface area (Å²) >= 11 is 0. The number of nitrogens with one attached hydrogen (secondary N) is 1. The van der Waals surface area contributed by atoms with Crippen LogP contribution >= 0.6 is 0 Å². The fraction of sp³-hybridized carbons (Fsp3) is 0.0769. The third-order valence-corrected chi connectivity index (χ3v) is 2.00. The summed E-state index contributed by atoms with van der Waals surface area (Å²) in [5.74, 6) is 0. The highest BCUT2D eigenvalue weighted by Gasteiger charge is 2.01. The van der Waals surface area contributed by atoms with Crippen molar-refractivity contribution in [3.63, 3.8) is 0 Å². The van der Waals surface area contributed by atoms with Crippen molar-refractivity contribution in [3.8, 4) is 0 Å². The molecule has 0 saturated carbocycles. The quantitative estimate of drug-likeness (QED) is 0.711. The van der Waals surface area contributed by atoms with E-state index in [1.165, 1.54) is 0 Å². The third-order valence-electron chi connectivity index (χ3n) is 2.00. The standard InChI is InChI=1S/C13H15N/c1-4-8-13(11(2)14-3)12-9-6-5-7-10-12/h4-10,14H,1-2H2,3H3/b13-8+. The Morgan fingerprint density at radius 1 is 1.29 bits per heavy atom. The summed E-state index contributed by atoms with van der Waals surface area (Å²) in [4.78, 5) is 0. The predicted molar refractivity (Wildman–Crippen MR) is 62.8 cm³/mol. The van der Waals surface area contributed by atoms with Crippen LogP contribution in [0.3, 0.4) is 0 Å². The molecule has 1 rings (SSSR count). The lowest BCUT2D eigenvalue weighted by Gasteiger charge is -2.09. The monoisotopic (exact) mass is 185 g/mol. The Labute approximate surface area is 85.5 Å². The minimum Gasteiger partial charge on any atom is -0.388 e. The molecular formula is C13H15N. The van der Waals surface area contributed by atoms with Crippen molar-refractivity contribution in [2.75, 3.05) is 7.05 Å². The number of hydrogen-bond acceptors (Lipinski definition) is 1. The van der Waals surface area contributed by atoms with E-state index in [2.05, 4.69) is 30.6 Å². The number of likely N-dealkylation sites (N-methyl/N-ethyl adjacent to an activating group) is 1. The number of hydrogen-bond donors (Lipinski definition) is 1. The van der Waals surface area contributed by atoms with Gasteiger partial charge in [0.15, 0.2) is 0 Å². The van der Waals surface area contributed by atoms with Gasteiger partial charge in [0, 0.05) is 18.3 Å². The van der Waals surface area contributed by atoms with Crippen LogP contribution in [0.5, 0.6) is 0 Å². The van der Waals surface area contributed by atoms with Crippen LogP contribution in [0.2, 0.25) is 0 Å². The van der Waals surface area contributed by atoms with E-state index < -0.39 is 0 Å². The van der Waals surface area contributed by atoms with Crippen molar-refractivity contribution < 1.29 is 0 Å². The van der Waals surface area contributed by atoms with Crippen LogP contribution in [0.25, 0.3) is 5.57 Å². The average Bonchev–Trinajstić information content (AvgIpc) is 2.26. The fourth-order valence-corrected chi connectivity index (χ4v) is 1.24. The van der Waals surface area contributed by atoms with Crippen molar-refractivity contribution in [1.29, 1.82) is 0 Å². The molecule has 0 unspecified atom stereocenters. The van der Waals surface area contributed by atoms with Crippen molar-refractivity contribution in [3.05, 3.63) is 66.9 Å². The largest absolute Gasteiger partial charge is 0.388 e. The maximum Gasteiger partial charge on any atom is 0.0344 e. The van der Waals surface area contributed by atoms with Gasteiger partial charge in [-0.25, -0.2) is 0 Å². The molecule has 1 aromatic rings. The van der Waals surface area contributed by atoms with Gasteiger partial charge in [-0.1, -0.05) is 55.6 Å². The van der Waals surface area contributed by atoms with Crippen LogP contribution in [0.4, 0.5) is 0 Å². The van der Waals surface area contributed by atoms with Crippen LogP contribution in [0.1, 0.15) is 5.56 Å². The number of benzene rings is 1. The molecule has 0 fully saturated rings. The summed E-state index contributed by atoms with van der Waals surface area (Å²) < 4.78 is 0. The first-order valence-corrected chi connectivity index (χ1v) is 4.54. The van der Waals surface area contributed by atoms with Gasteiger partial charge in [0.2, 0.25) is 0 Å². The van der Waals surface area contributed by atoms with Gasteiger partial charge in [0.25, 0.3) is 0 Å². The SMILES string of the molecule is C=C/C=C(\C(=C)NC)c1ccccc1. The lowest BCUT2D eigenvalue weighted by molar-refractivity contribution is 1.05. The summed E-state index contributed by atoms with van der Waals surface area (Å²) in [6.45, 7) is 7.64. The zero-order valence-corrected chi connectivity index (χ0v) is 8.46. The van der Waals surface area contributed by atoms with E-state index in [1.54, 1.807) is 6.08 Å². The molecule has 0 spiro atoms. The van der Waals surface area contributed by atoms with Crippen LogP contribution in [0, 0.1) is 0 Å². The molecule has 0 atom stereocenters. The Bertz CT molecular complexity index is 347. The van der Waals surface area contributed by atoms with Gasteiger partial charge in [0.05, 0.1) is 0 Å². The third kappa shape index (κ3) is 2.36. The van der Waals surface area contributed by atoms with Crippen LogP contribution in [-0.4, -0.2) is 7.05 Å². The summed E-state index contributed by atoms with van der Waals surface area (Å²) in [7, 11) is 1.86. The summed E-state index contributed by atoms with van der Waals surface area (Å²) in [6.07, 6.45) is 3.72. The molecule has 1 heteroatoms. The maximum atomic E-state index is 3.94. The first-order valence-electron chi connectivity index (χ1n) is 4.54. The highest BCUT2D eigenvalue weighted by Crippen LogP contribution is 2.19.